The molecular formula is C16H44I4Li2N2Si2Te2. The van der Waals surface area contributed by atoms with Crippen LogP contribution in [0.2, 0.25) is 39.3 Å². The van der Waals surface area contributed by atoms with Gasteiger partial charge in [0.05, 0.1) is 0 Å². The summed E-state index contributed by atoms with van der Waals surface area (Å²) < 4.78 is 5.48. The van der Waals surface area contributed by atoms with E-state index in [1.165, 1.54) is 0 Å². The molecule has 0 saturated heterocycles. The summed E-state index contributed by atoms with van der Waals surface area (Å²) in [5, 5.41) is 0. The SMILES string of the molecule is C.C.CC(C)(C)I(=[Te])=N[Si](C)(C)C.CC(C)(C)[N-][Si](C)(C)C.[I-].[Li+].[Li+].[Te]=II. The molecule has 0 aromatic rings. The van der Waals surface area contributed by atoms with Crippen LogP contribution in [0.3, 0.4) is 0 Å². The molecule has 0 heterocycles. The van der Waals surface area contributed by atoms with Crippen molar-refractivity contribution in [2.24, 2.45) is 2.81 Å². The second-order valence-electron chi connectivity index (χ2n) is 9.06. The van der Waals surface area contributed by atoms with Crippen molar-refractivity contribution >= 4 is 98.3 Å². The van der Waals surface area contributed by atoms with Crippen molar-refractivity contribution in [1.82, 2.24) is 0 Å². The van der Waals surface area contributed by atoms with Crippen LogP contribution < -0.4 is 61.7 Å². The van der Waals surface area contributed by atoms with Gasteiger partial charge in [-0.15, -0.1) is 5.54 Å². The van der Waals surface area contributed by atoms with Gasteiger partial charge in [-0.2, -0.15) is 0 Å². The van der Waals surface area contributed by atoms with E-state index in [-0.39, 0.29) is 82.1 Å². The van der Waals surface area contributed by atoms with Gasteiger partial charge in [-0.3, -0.25) is 0 Å². The summed E-state index contributed by atoms with van der Waals surface area (Å²) >= 11 is 6.46. The molecule has 0 spiro atoms. The maximum absolute atomic E-state index is 4.98. The van der Waals surface area contributed by atoms with Crippen LogP contribution in [0.25, 0.3) is 4.98 Å². The predicted molar refractivity (Wildman–Crippen MR) is 159 cm³/mol. The number of halogens is 4. The fourth-order valence-electron chi connectivity index (χ4n) is 1.36. The van der Waals surface area contributed by atoms with Gasteiger partial charge in [0.1, 0.15) is 0 Å². The molecule has 0 aliphatic rings. The van der Waals surface area contributed by atoms with Crippen LogP contribution in [0.5, 0.6) is 0 Å². The molecule has 0 fully saturated rings. The Labute approximate surface area is 266 Å². The Bertz CT molecular complexity index is 414. The van der Waals surface area contributed by atoms with Crippen molar-refractivity contribution in [2.45, 2.75) is 105 Å². The quantitative estimate of drug-likeness (QED) is 0.213. The molecule has 0 aliphatic heterocycles. The molecule has 0 aromatic carbocycles. The second-order valence-corrected chi connectivity index (χ2v) is 47.3. The molecule has 0 atom stereocenters. The maximum atomic E-state index is 4.98. The zero-order valence-electron chi connectivity index (χ0n) is 19.2. The van der Waals surface area contributed by atoms with E-state index >= 15 is 0 Å². The van der Waals surface area contributed by atoms with Crippen molar-refractivity contribution in [3.05, 3.63) is 4.98 Å². The fourth-order valence-corrected chi connectivity index (χ4v) is 22.1. The Morgan fingerprint density at radius 1 is 0.893 bits per heavy atom. The second kappa shape index (κ2) is 26.0. The van der Waals surface area contributed by atoms with Crippen LogP contribution in [0, 0.1) is 0 Å². The van der Waals surface area contributed by atoms with E-state index in [1.807, 2.05) is 0 Å². The number of hydrogen-bond acceptors (Lipinski definition) is 1. The van der Waals surface area contributed by atoms with E-state index in [0.717, 1.165) is 0 Å². The first kappa shape index (κ1) is 54.7. The number of rotatable bonds is 2. The molecule has 12 heteroatoms. The van der Waals surface area contributed by atoms with E-state index in [1.54, 1.807) is 0 Å². The summed E-state index contributed by atoms with van der Waals surface area (Å²) in [5.41, 5.74) is 0.171. The Hall–Kier alpha value is 5.89. The molecule has 0 unspecified atom stereocenters. The Morgan fingerprint density at radius 3 is 1.18 bits per heavy atom. The van der Waals surface area contributed by atoms with Crippen LogP contribution in [0.15, 0.2) is 2.81 Å². The summed E-state index contributed by atoms with van der Waals surface area (Å²) in [4.78, 5) is 4.68. The van der Waals surface area contributed by atoms with Gasteiger partial charge >= 0.3 is 174 Å². The summed E-state index contributed by atoms with van der Waals surface area (Å²) in [6.07, 6.45) is 0. The molecule has 0 saturated carbocycles. The summed E-state index contributed by atoms with van der Waals surface area (Å²) in [6.45, 7) is 27.2. The van der Waals surface area contributed by atoms with Crippen molar-refractivity contribution in [2.75, 3.05) is 0 Å². The molecule has 0 N–H and O–H groups in total. The van der Waals surface area contributed by atoms with Gasteiger partial charge in [-0.25, -0.2) is 0 Å². The minimum absolute atomic E-state index is 0. The Balaban J connectivity index is -0.0000000363. The van der Waals surface area contributed by atoms with Crippen LogP contribution in [0.1, 0.15) is 56.4 Å². The van der Waals surface area contributed by atoms with Crippen LogP contribution in [-0.4, -0.2) is 60.9 Å². The van der Waals surface area contributed by atoms with E-state index in [4.69, 9.17) is 2.81 Å². The van der Waals surface area contributed by atoms with Crippen molar-refractivity contribution in [3.8, 4) is 0 Å². The van der Waals surface area contributed by atoms with Crippen LogP contribution >= 0.6 is 46.4 Å². The first-order chi connectivity index (χ1) is 9.75. The van der Waals surface area contributed by atoms with Crippen LogP contribution in [-0.2, 0) is 0 Å². The van der Waals surface area contributed by atoms with Gasteiger partial charge in [-0.05, 0) is 0 Å². The predicted octanol–water partition coefficient (Wildman–Crippen LogP) is 0.0616. The topological polar surface area (TPSA) is 26.5 Å². The minimum atomic E-state index is -1.17. The van der Waals surface area contributed by atoms with Gasteiger partial charge < -0.3 is 29.0 Å². The number of hydrogen-bond donors (Lipinski definition) is 0. The standard InChI is InChI=1S/C7H18INSiTe.C7H18NSi.2CH4.I2Te.HI.2Li/c1-7(2,3)8(11)9-10(4,5)6;1-7(2,3)8-9(4,5)6;;;1-2-3;;;/h1-6H3;1-6H3;2*1H4;;1H;;/q;-1;;;;;2*+1/p-1. The zero-order chi connectivity index (χ0) is 19.7. The van der Waals surface area contributed by atoms with Gasteiger partial charge in [0.2, 0.25) is 0 Å². The summed E-state index contributed by atoms with van der Waals surface area (Å²) in [5.74, 6) is 0. The molecule has 0 bridgehead atoms. The van der Waals surface area contributed by atoms with E-state index in [0.29, 0.717) is 16.1 Å². The molecule has 2 nitrogen and oxygen atoms in total. The van der Waals surface area contributed by atoms with Gasteiger partial charge in [0.25, 0.3) is 0 Å². The van der Waals surface area contributed by atoms with E-state index in [9.17, 15) is 0 Å². The first-order valence-electron chi connectivity index (χ1n) is 7.48. The van der Waals surface area contributed by atoms with Gasteiger partial charge in [0.15, 0.2) is 0 Å². The molecule has 0 aromatic heterocycles. The van der Waals surface area contributed by atoms with E-state index in [2.05, 4.69) is 140 Å². The van der Waals surface area contributed by atoms with Crippen molar-refractivity contribution in [3.63, 3.8) is 0 Å². The average molecular weight is 1100 g/mol. The molecule has 0 amide bonds. The van der Waals surface area contributed by atoms with Gasteiger partial charge in [-0.1, -0.05) is 63.5 Å². The number of alkyl halides is 1. The third-order valence-corrected chi connectivity index (χ3v) is 24.7. The van der Waals surface area contributed by atoms with Crippen molar-refractivity contribution < 1.29 is 61.7 Å². The Kier molecular flexibility index (Phi) is 50.7. The third-order valence-electron chi connectivity index (χ3n) is 1.49. The monoisotopic (exact) mass is 1100 g/mol. The van der Waals surface area contributed by atoms with Gasteiger partial charge in [0, 0.05) is 0 Å². The molecule has 0 aliphatic carbocycles. The molecule has 0 rings (SSSR count). The van der Waals surface area contributed by atoms with E-state index < -0.39 is 31.6 Å². The summed E-state index contributed by atoms with van der Waals surface area (Å²) in [6, 6.07) is 0. The number of nitrogens with zero attached hydrogens (tertiary/aromatic N) is 2. The first-order valence-corrected chi connectivity index (χ1v) is 36.3. The zero-order valence-corrected chi connectivity index (χ0v) is 34.5. The summed E-state index contributed by atoms with van der Waals surface area (Å²) in [7, 11) is -2.30. The molecule has 0 radical (unpaired) electrons. The average Bonchev–Trinajstić information content (AvgIpc) is 2.08. The Morgan fingerprint density at radius 2 is 1.14 bits per heavy atom. The molecule has 168 valence electrons. The third kappa shape index (κ3) is 58.1. The van der Waals surface area contributed by atoms with Crippen molar-refractivity contribution in [1.29, 1.82) is 0 Å². The normalized spacial score (nSPS) is 11.8. The molecular weight excluding hydrogens is 1050 g/mol. The fraction of sp³-hybridized carbons (Fsp3) is 1.00. The van der Waals surface area contributed by atoms with Crippen LogP contribution in [0.4, 0.5) is 0 Å². The molecule has 28 heavy (non-hydrogen) atoms.